The summed E-state index contributed by atoms with van der Waals surface area (Å²) in [6, 6.07) is 11.5. The lowest BCUT2D eigenvalue weighted by molar-refractivity contribution is 0.677. The molecule has 0 nitrogen and oxygen atoms in total. The smallest absolute Gasteiger partial charge is 0.0787 e. The fraction of sp³-hybridized carbons (Fsp3) is 0.360. The molecule has 0 radical (unpaired) electrons. The minimum absolute atomic E-state index is 0.583. The first-order chi connectivity index (χ1) is 13.0. The summed E-state index contributed by atoms with van der Waals surface area (Å²) < 4.78 is 1.36. The van der Waals surface area contributed by atoms with Gasteiger partial charge in [0.15, 0.2) is 0 Å². The van der Waals surface area contributed by atoms with Crippen LogP contribution < -0.4 is 0 Å². The standard InChI is InChI=1S/C25H27BrSi/c1-16-14-21-19-10-6-7-11-20(19)23(26)15-22(21)25(16)27(2,3)24-13-12-17-8-4-5-9-18(17)24/h4-5,8-9,12-13,15,24H,6-7,10-11,14H2,1-3H3. The van der Waals surface area contributed by atoms with Gasteiger partial charge < -0.3 is 0 Å². The van der Waals surface area contributed by atoms with Gasteiger partial charge in [-0.3, -0.25) is 0 Å². The summed E-state index contributed by atoms with van der Waals surface area (Å²) in [5.74, 6) is 0. The van der Waals surface area contributed by atoms with E-state index < -0.39 is 8.07 Å². The third-order valence-corrected chi connectivity index (χ3v) is 11.8. The molecule has 2 aromatic rings. The second-order valence-electron chi connectivity index (χ2n) is 9.07. The minimum Gasteiger partial charge on any atom is -0.0787 e. The van der Waals surface area contributed by atoms with E-state index in [2.05, 4.69) is 78.4 Å². The highest BCUT2D eigenvalue weighted by Gasteiger charge is 2.42. The molecule has 1 atom stereocenters. The molecule has 0 saturated heterocycles. The van der Waals surface area contributed by atoms with E-state index in [0.717, 1.165) is 0 Å². The van der Waals surface area contributed by atoms with Crippen molar-refractivity contribution in [3.05, 3.63) is 79.8 Å². The van der Waals surface area contributed by atoms with Crippen molar-refractivity contribution in [1.29, 1.82) is 0 Å². The molecule has 0 aliphatic heterocycles. The van der Waals surface area contributed by atoms with Gasteiger partial charge in [-0.05, 0) is 78.5 Å². The average Bonchev–Trinajstić information content (AvgIpc) is 3.23. The molecule has 0 heterocycles. The first kappa shape index (κ1) is 17.7. The van der Waals surface area contributed by atoms with Crippen LogP contribution in [-0.4, -0.2) is 8.07 Å². The van der Waals surface area contributed by atoms with Crippen molar-refractivity contribution < 1.29 is 0 Å². The molecule has 0 N–H and O–H groups in total. The van der Waals surface area contributed by atoms with Gasteiger partial charge in [-0.25, -0.2) is 0 Å². The van der Waals surface area contributed by atoms with Crippen LogP contribution in [0.5, 0.6) is 0 Å². The monoisotopic (exact) mass is 434 g/mol. The Hall–Kier alpha value is -1.38. The van der Waals surface area contributed by atoms with Gasteiger partial charge in [0.25, 0.3) is 0 Å². The normalized spacial score (nSPS) is 20.7. The molecular weight excluding hydrogens is 408 g/mol. The number of hydrogen-bond acceptors (Lipinski definition) is 0. The van der Waals surface area contributed by atoms with E-state index in [9.17, 15) is 0 Å². The van der Waals surface area contributed by atoms with Crippen LogP contribution in [-0.2, 0) is 19.3 Å². The largest absolute Gasteiger partial charge is 0.0927 e. The van der Waals surface area contributed by atoms with Gasteiger partial charge in [-0.15, -0.1) is 0 Å². The molecule has 2 aromatic carbocycles. The molecule has 3 aliphatic carbocycles. The van der Waals surface area contributed by atoms with Crippen LogP contribution >= 0.6 is 15.9 Å². The van der Waals surface area contributed by atoms with Crippen molar-refractivity contribution in [3.63, 3.8) is 0 Å². The second kappa shape index (κ2) is 6.32. The molecule has 5 rings (SSSR count). The zero-order valence-electron chi connectivity index (χ0n) is 16.5. The number of halogens is 1. The minimum atomic E-state index is -1.70. The molecule has 138 valence electrons. The van der Waals surface area contributed by atoms with E-state index in [0.29, 0.717) is 5.54 Å². The zero-order chi connectivity index (χ0) is 18.8. The van der Waals surface area contributed by atoms with E-state index in [-0.39, 0.29) is 0 Å². The highest BCUT2D eigenvalue weighted by molar-refractivity contribution is 9.10. The summed E-state index contributed by atoms with van der Waals surface area (Å²) in [5, 5.41) is 1.72. The maximum Gasteiger partial charge on any atom is 0.0927 e. The van der Waals surface area contributed by atoms with Gasteiger partial charge >= 0.3 is 0 Å². The van der Waals surface area contributed by atoms with Crippen LogP contribution in [0.4, 0.5) is 0 Å². The predicted octanol–water partition coefficient (Wildman–Crippen LogP) is 7.25. The molecular formula is C25H27BrSi. The Morgan fingerprint density at radius 2 is 1.74 bits per heavy atom. The van der Waals surface area contributed by atoms with E-state index >= 15 is 0 Å². The number of fused-ring (bicyclic) bond motifs is 4. The maximum atomic E-state index is 3.94. The Bertz CT molecular complexity index is 1010. The van der Waals surface area contributed by atoms with E-state index in [1.807, 2.05) is 0 Å². The summed E-state index contributed by atoms with van der Waals surface area (Å²) in [4.78, 5) is 0. The maximum absolute atomic E-state index is 3.94. The van der Waals surface area contributed by atoms with Crippen LogP contribution in [0.25, 0.3) is 11.3 Å². The fourth-order valence-electron chi connectivity index (χ4n) is 5.91. The van der Waals surface area contributed by atoms with Crippen molar-refractivity contribution >= 4 is 35.3 Å². The molecule has 0 aromatic heterocycles. The number of hydrogen-bond donors (Lipinski definition) is 0. The van der Waals surface area contributed by atoms with Crippen molar-refractivity contribution in [2.24, 2.45) is 0 Å². The highest BCUT2D eigenvalue weighted by Crippen LogP contribution is 2.50. The van der Waals surface area contributed by atoms with Gasteiger partial charge in [0.05, 0.1) is 8.07 Å². The van der Waals surface area contributed by atoms with Gasteiger partial charge in [-0.1, -0.05) is 76.2 Å². The van der Waals surface area contributed by atoms with Gasteiger partial charge in [0.2, 0.25) is 0 Å². The Morgan fingerprint density at radius 1 is 1.00 bits per heavy atom. The molecule has 1 unspecified atom stereocenters. The molecule has 2 heteroatoms. The van der Waals surface area contributed by atoms with Crippen molar-refractivity contribution in [2.45, 2.75) is 57.7 Å². The van der Waals surface area contributed by atoms with E-state index in [1.165, 1.54) is 42.1 Å². The van der Waals surface area contributed by atoms with Crippen molar-refractivity contribution in [3.8, 4) is 0 Å². The molecule has 3 aliphatic rings. The number of rotatable bonds is 2. The topological polar surface area (TPSA) is 0 Å². The third kappa shape index (κ3) is 2.60. The summed E-state index contributed by atoms with van der Waals surface area (Å²) >= 11 is 3.94. The Morgan fingerprint density at radius 3 is 2.56 bits per heavy atom. The summed E-state index contributed by atoms with van der Waals surface area (Å²) in [7, 11) is -1.70. The zero-order valence-corrected chi connectivity index (χ0v) is 19.1. The summed E-state index contributed by atoms with van der Waals surface area (Å²) in [6.07, 6.45) is 11.2. The third-order valence-electron chi connectivity index (χ3n) is 7.08. The molecule has 0 saturated carbocycles. The molecule has 0 spiro atoms. The van der Waals surface area contributed by atoms with Crippen LogP contribution in [0.3, 0.4) is 0 Å². The van der Waals surface area contributed by atoms with Crippen molar-refractivity contribution in [2.75, 3.05) is 0 Å². The average molecular weight is 435 g/mol. The Kier molecular flexibility index (Phi) is 4.14. The van der Waals surface area contributed by atoms with Gasteiger partial charge in [0, 0.05) is 10.0 Å². The quantitative estimate of drug-likeness (QED) is 0.436. The fourth-order valence-corrected chi connectivity index (χ4v) is 10.6. The van der Waals surface area contributed by atoms with E-state index in [1.54, 1.807) is 38.6 Å². The summed E-state index contributed by atoms with van der Waals surface area (Å²) in [6.45, 7) is 7.58. The molecule has 0 bridgehead atoms. The molecule has 0 amide bonds. The van der Waals surface area contributed by atoms with Gasteiger partial charge in [-0.2, -0.15) is 0 Å². The van der Waals surface area contributed by atoms with Crippen molar-refractivity contribution in [1.82, 2.24) is 0 Å². The lowest BCUT2D eigenvalue weighted by Crippen LogP contribution is -2.35. The number of allylic oxidation sites excluding steroid dienone is 2. The van der Waals surface area contributed by atoms with Crippen LogP contribution in [0, 0.1) is 0 Å². The summed E-state index contributed by atoms with van der Waals surface area (Å²) in [5.41, 5.74) is 11.7. The first-order valence-corrected chi connectivity index (χ1v) is 14.2. The Labute approximate surface area is 172 Å². The number of benzene rings is 2. The van der Waals surface area contributed by atoms with Crippen LogP contribution in [0.2, 0.25) is 13.1 Å². The first-order valence-electron chi connectivity index (χ1n) is 10.3. The predicted molar refractivity (Wildman–Crippen MR) is 123 cm³/mol. The lowest BCUT2D eigenvalue weighted by Gasteiger charge is -2.33. The van der Waals surface area contributed by atoms with E-state index in [4.69, 9.17) is 0 Å². The highest BCUT2D eigenvalue weighted by atomic mass is 79.9. The second-order valence-corrected chi connectivity index (χ2v) is 14.5. The molecule has 27 heavy (non-hydrogen) atoms. The Balaban J connectivity index is 1.64. The van der Waals surface area contributed by atoms with Crippen LogP contribution in [0.15, 0.2) is 46.5 Å². The van der Waals surface area contributed by atoms with Gasteiger partial charge in [0.1, 0.15) is 0 Å². The lowest BCUT2D eigenvalue weighted by atomic mass is 9.86. The molecule has 0 fully saturated rings. The SMILES string of the molecule is CC1=C([Si](C)(C)C2C=Cc3ccccc32)c2cc(Br)c3c(c2C1)CCCC3. The van der Waals surface area contributed by atoms with Crippen LogP contribution in [0.1, 0.15) is 58.7 Å².